The van der Waals surface area contributed by atoms with Crippen molar-refractivity contribution in [3.63, 3.8) is 0 Å². The SMILES string of the molecule is CC(C)(C)c1nnc(NC(=O)[C@H]2CC(=O)N(c3ccc4c(c3)OCCO4)C2)s1. The average molecular weight is 402 g/mol. The lowest BCUT2D eigenvalue weighted by molar-refractivity contribution is -0.122. The van der Waals surface area contributed by atoms with Gasteiger partial charge in [-0.25, -0.2) is 0 Å². The second-order valence-electron chi connectivity index (χ2n) is 7.88. The molecule has 1 aromatic carbocycles. The molecule has 0 saturated carbocycles. The number of fused-ring (bicyclic) bond motifs is 1. The Kier molecular flexibility index (Phi) is 4.70. The molecule has 0 spiro atoms. The van der Waals surface area contributed by atoms with Gasteiger partial charge in [-0.1, -0.05) is 32.1 Å². The Hall–Kier alpha value is -2.68. The Bertz CT molecular complexity index is 921. The summed E-state index contributed by atoms with van der Waals surface area (Å²) < 4.78 is 11.1. The summed E-state index contributed by atoms with van der Waals surface area (Å²) in [5.74, 6) is 0.534. The number of amides is 2. The number of carbonyl (C=O) groups excluding carboxylic acids is 2. The fourth-order valence-corrected chi connectivity index (χ4v) is 3.92. The Morgan fingerprint density at radius 1 is 1.21 bits per heavy atom. The van der Waals surface area contributed by atoms with Crippen LogP contribution in [0.1, 0.15) is 32.2 Å². The summed E-state index contributed by atoms with van der Waals surface area (Å²) in [6, 6.07) is 5.39. The molecule has 0 radical (unpaired) electrons. The van der Waals surface area contributed by atoms with Crippen molar-refractivity contribution in [3.05, 3.63) is 23.2 Å². The van der Waals surface area contributed by atoms with Crippen molar-refractivity contribution >= 4 is 34.0 Å². The highest BCUT2D eigenvalue weighted by Gasteiger charge is 2.36. The van der Waals surface area contributed by atoms with Crippen LogP contribution in [0.15, 0.2) is 18.2 Å². The van der Waals surface area contributed by atoms with Crippen molar-refractivity contribution in [2.24, 2.45) is 5.92 Å². The minimum Gasteiger partial charge on any atom is -0.486 e. The first-order valence-electron chi connectivity index (χ1n) is 9.16. The average Bonchev–Trinajstić information content (AvgIpc) is 3.28. The van der Waals surface area contributed by atoms with Crippen LogP contribution in [0.2, 0.25) is 0 Å². The van der Waals surface area contributed by atoms with Crippen LogP contribution in [0, 0.1) is 5.92 Å². The molecule has 2 aromatic rings. The lowest BCUT2D eigenvalue weighted by atomic mass is 9.98. The Balaban J connectivity index is 1.44. The van der Waals surface area contributed by atoms with E-state index in [0.29, 0.717) is 42.1 Å². The highest BCUT2D eigenvalue weighted by molar-refractivity contribution is 7.15. The quantitative estimate of drug-likeness (QED) is 0.848. The second kappa shape index (κ2) is 7.05. The summed E-state index contributed by atoms with van der Waals surface area (Å²) in [5, 5.41) is 12.3. The second-order valence-corrected chi connectivity index (χ2v) is 8.86. The topological polar surface area (TPSA) is 93.7 Å². The summed E-state index contributed by atoms with van der Waals surface area (Å²) in [5.41, 5.74) is 0.578. The number of nitrogens with zero attached hydrogens (tertiary/aromatic N) is 3. The number of carbonyl (C=O) groups is 2. The van der Waals surface area contributed by atoms with Crippen molar-refractivity contribution in [1.82, 2.24) is 10.2 Å². The summed E-state index contributed by atoms with van der Waals surface area (Å²) >= 11 is 1.36. The number of hydrogen-bond acceptors (Lipinski definition) is 7. The van der Waals surface area contributed by atoms with Crippen molar-refractivity contribution in [2.75, 3.05) is 30.0 Å². The molecule has 28 heavy (non-hydrogen) atoms. The van der Waals surface area contributed by atoms with Gasteiger partial charge in [0.1, 0.15) is 18.2 Å². The third-order valence-corrected chi connectivity index (χ3v) is 5.89. The molecule has 1 fully saturated rings. The maximum absolute atomic E-state index is 12.6. The number of hydrogen-bond donors (Lipinski definition) is 1. The molecule has 4 rings (SSSR count). The predicted octanol–water partition coefficient (Wildman–Crippen LogP) is 2.60. The summed E-state index contributed by atoms with van der Waals surface area (Å²) in [4.78, 5) is 26.7. The van der Waals surface area contributed by atoms with Gasteiger partial charge in [-0.2, -0.15) is 0 Å². The van der Waals surface area contributed by atoms with Crippen LogP contribution < -0.4 is 19.7 Å². The summed E-state index contributed by atoms with van der Waals surface area (Å²) in [6.07, 6.45) is 0.158. The Morgan fingerprint density at radius 2 is 1.96 bits per heavy atom. The first-order chi connectivity index (χ1) is 13.3. The molecule has 3 heterocycles. The molecule has 1 aromatic heterocycles. The van der Waals surface area contributed by atoms with Crippen molar-refractivity contribution < 1.29 is 19.1 Å². The van der Waals surface area contributed by atoms with Crippen LogP contribution in [0.5, 0.6) is 11.5 Å². The Morgan fingerprint density at radius 3 is 2.68 bits per heavy atom. The van der Waals surface area contributed by atoms with E-state index in [9.17, 15) is 9.59 Å². The molecule has 9 heteroatoms. The van der Waals surface area contributed by atoms with Gasteiger partial charge in [0.05, 0.1) is 5.92 Å². The van der Waals surface area contributed by atoms with Crippen LogP contribution in [-0.4, -0.2) is 41.8 Å². The monoisotopic (exact) mass is 402 g/mol. The molecule has 1 N–H and O–H groups in total. The third kappa shape index (κ3) is 3.66. The molecular formula is C19H22N4O4S. The third-order valence-electron chi connectivity index (χ3n) is 4.63. The zero-order valence-electron chi connectivity index (χ0n) is 16.0. The van der Waals surface area contributed by atoms with Crippen LogP contribution in [0.3, 0.4) is 0 Å². The number of aromatic nitrogens is 2. The number of anilines is 2. The Labute approximate surface area is 166 Å². The van der Waals surface area contributed by atoms with Crippen molar-refractivity contribution in [3.8, 4) is 11.5 Å². The van der Waals surface area contributed by atoms with Gasteiger partial charge in [0.2, 0.25) is 16.9 Å². The van der Waals surface area contributed by atoms with Gasteiger partial charge in [-0.15, -0.1) is 10.2 Å². The highest BCUT2D eigenvalue weighted by atomic mass is 32.1. The zero-order valence-corrected chi connectivity index (χ0v) is 16.8. The van der Waals surface area contributed by atoms with E-state index >= 15 is 0 Å². The van der Waals surface area contributed by atoms with E-state index < -0.39 is 5.92 Å². The number of ether oxygens (including phenoxy) is 2. The fourth-order valence-electron chi connectivity index (χ4n) is 3.12. The van der Waals surface area contributed by atoms with E-state index in [4.69, 9.17) is 9.47 Å². The van der Waals surface area contributed by atoms with Gasteiger partial charge < -0.3 is 19.7 Å². The van der Waals surface area contributed by atoms with E-state index in [-0.39, 0.29) is 23.7 Å². The molecule has 1 atom stereocenters. The van der Waals surface area contributed by atoms with Crippen LogP contribution in [0.4, 0.5) is 10.8 Å². The normalized spacial score (nSPS) is 19.0. The molecule has 148 valence electrons. The van der Waals surface area contributed by atoms with Crippen molar-refractivity contribution in [2.45, 2.75) is 32.6 Å². The lowest BCUT2D eigenvalue weighted by Gasteiger charge is -2.22. The van der Waals surface area contributed by atoms with Gasteiger partial charge >= 0.3 is 0 Å². The molecule has 0 aliphatic carbocycles. The van der Waals surface area contributed by atoms with E-state index in [1.54, 1.807) is 17.0 Å². The van der Waals surface area contributed by atoms with Gasteiger partial charge in [-0.3, -0.25) is 9.59 Å². The molecule has 1 saturated heterocycles. The fraction of sp³-hybridized carbons (Fsp3) is 0.474. The van der Waals surface area contributed by atoms with Crippen LogP contribution >= 0.6 is 11.3 Å². The number of rotatable bonds is 3. The minimum absolute atomic E-state index is 0.0931. The standard InChI is InChI=1S/C19H22N4O4S/c1-19(2,3)17-21-22-18(28-17)20-16(25)11-8-15(24)23(10-11)12-4-5-13-14(9-12)27-7-6-26-13/h4-5,9,11H,6-8,10H2,1-3H3,(H,20,22,25)/t11-/m0/s1. The molecule has 2 amide bonds. The van der Waals surface area contributed by atoms with Gasteiger partial charge in [0, 0.05) is 30.1 Å². The molecule has 2 aliphatic heterocycles. The molecule has 0 unspecified atom stereocenters. The predicted molar refractivity (Wildman–Crippen MR) is 105 cm³/mol. The van der Waals surface area contributed by atoms with E-state index in [2.05, 4.69) is 15.5 Å². The van der Waals surface area contributed by atoms with E-state index in [1.165, 1.54) is 11.3 Å². The maximum Gasteiger partial charge on any atom is 0.231 e. The van der Waals surface area contributed by atoms with E-state index in [1.807, 2.05) is 26.8 Å². The molecular weight excluding hydrogens is 380 g/mol. The lowest BCUT2D eigenvalue weighted by Crippen LogP contribution is -2.28. The minimum atomic E-state index is -0.442. The number of benzene rings is 1. The van der Waals surface area contributed by atoms with Gasteiger partial charge in [0.15, 0.2) is 11.5 Å². The maximum atomic E-state index is 12.6. The van der Waals surface area contributed by atoms with Crippen LogP contribution in [-0.2, 0) is 15.0 Å². The van der Waals surface area contributed by atoms with Gasteiger partial charge in [0.25, 0.3) is 0 Å². The first kappa shape index (κ1) is 18.7. The molecule has 2 aliphatic rings. The van der Waals surface area contributed by atoms with Crippen LogP contribution in [0.25, 0.3) is 0 Å². The van der Waals surface area contributed by atoms with E-state index in [0.717, 1.165) is 5.01 Å². The van der Waals surface area contributed by atoms with Gasteiger partial charge in [-0.05, 0) is 12.1 Å². The smallest absolute Gasteiger partial charge is 0.231 e. The first-order valence-corrected chi connectivity index (χ1v) is 9.98. The zero-order chi connectivity index (χ0) is 19.9. The number of nitrogens with one attached hydrogen (secondary N) is 1. The summed E-state index contributed by atoms with van der Waals surface area (Å²) in [7, 11) is 0. The summed E-state index contributed by atoms with van der Waals surface area (Å²) in [6.45, 7) is 7.43. The largest absolute Gasteiger partial charge is 0.486 e. The molecule has 8 nitrogen and oxygen atoms in total. The van der Waals surface area contributed by atoms with Crippen molar-refractivity contribution in [1.29, 1.82) is 0 Å². The highest BCUT2D eigenvalue weighted by Crippen LogP contribution is 2.36. The molecule has 0 bridgehead atoms.